The van der Waals surface area contributed by atoms with Crippen LogP contribution in [-0.2, 0) is 4.79 Å². The molecule has 1 fully saturated rings. The number of hydrogen-bond acceptors (Lipinski definition) is 4. The van der Waals surface area contributed by atoms with Crippen LogP contribution in [0.1, 0.15) is 54.1 Å². The van der Waals surface area contributed by atoms with Crippen molar-refractivity contribution in [1.29, 1.82) is 0 Å². The van der Waals surface area contributed by atoms with Crippen molar-refractivity contribution in [3.8, 4) is 0 Å². The average Bonchev–Trinajstić information content (AvgIpc) is 2.92. The lowest BCUT2D eigenvalue weighted by molar-refractivity contribution is -0.122. The number of aromatic nitrogens is 2. The SMILES string of the molecule is CC(C)CNC(=O)c1[nH]cnc1C(=O)N[C@@H]1CCCCNC1=O. The lowest BCUT2D eigenvalue weighted by atomic mass is 10.1. The van der Waals surface area contributed by atoms with Crippen molar-refractivity contribution < 1.29 is 14.4 Å². The number of H-pyrrole nitrogens is 1. The molecular weight excluding hydrogens is 298 g/mol. The van der Waals surface area contributed by atoms with Gasteiger partial charge in [-0.1, -0.05) is 13.8 Å². The van der Waals surface area contributed by atoms with Gasteiger partial charge in [0.25, 0.3) is 11.8 Å². The monoisotopic (exact) mass is 321 g/mol. The minimum absolute atomic E-state index is 0.00306. The van der Waals surface area contributed by atoms with Gasteiger partial charge < -0.3 is 20.9 Å². The van der Waals surface area contributed by atoms with Crippen LogP contribution in [0.5, 0.6) is 0 Å². The molecule has 2 heterocycles. The highest BCUT2D eigenvalue weighted by Gasteiger charge is 2.26. The number of rotatable bonds is 5. The minimum Gasteiger partial charge on any atom is -0.354 e. The molecule has 4 N–H and O–H groups in total. The van der Waals surface area contributed by atoms with E-state index in [0.717, 1.165) is 12.8 Å². The molecule has 126 valence electrons. The fourth-order valence-corrected chi connectivity index (χ4v) is 2.33. The Balaban J connectivity index is 2.03. The van der Waals surface area contributed by atoms with Crippen LogP contribution in [0.25, 0.3) is 0 Å². The number of nitrogens with zero attached hydrogens (tertiary/aromatic N) is 1. The van der Waals surface area contributed by atoms with Gasteiger partial charge in [0.15, 0.2) is 5.69 Å². The first-order chi connectivity index (χ1) is 11.0. The Morgan fingerprint density at radius 1 is 1.35 bits per heavy atom. The molecule has 1 saturated heterocycles. The van der Waals surface area contributed by atoms with Crippen molar-refractivity contribution in [2.75, 3.05) is 13.1 Å². The lowest BCUT2D eigenvalue weighted by Gasteiger charge is -2.15. The standard InChI is InChI=1S/C15H23N5O3/c1-9(2)7-17-14(22)11-12(19-8-18-11)15(23)20-10-5-3-4-6-16-13(10)21/h8-10H,3-7H2,1-2H3,(H,16,21)(H,17,22)(H,18,19)(H,20,23)/t10-/m1/s1. The van der Waals surface area contributed by atoms with Crippen LogP contribution in [0.15, 0.2) is 6.33 Å². The van der Waals surface area contributed by atoms with Crippen molar-refractivity contribution in [2.45, 2.75) is 39.2 Å². The first kappa shape index (κ1) is 17.0. The molecule has 0 unspecified atom stereocenters. The molecule has 2 rings (SSSR count). The highest BCUT2D eigenvalue weighted by Crippen LogP contribution is 2.08. The number of hydrogen-bond donors (Lipinski definition) is 4. The Morgan fingerprint density at radius 2 is 2.13 bits per heavy atom. The fourth-order valence-electron chi connectivity index (χ4n) is 2.33. The van der Waals surface area contributed by atoms with E-state index in [1.54, 1.807) is 0 Å². The summed E-state index contributed by atoms with van der Waals surface area (Å²) in [5.41, 5.74) is 0.112. The average molecular weight is 321 g/mol. The number of aromatic amines is 1. The predicted octanol–water partition coefficient (Wildman–Crippen LogP) is 0.194. The van der Waals surface area contributed by atoms with E-state index in [-0.39, 0.29) is 23.2 Å². The van der Waals surface area contributed by atoms with Gasteiger partial charge in [0.2, 0.25) is 5.91 Å². The van der Waals surface area contributed by atoms with E-state index in [4.69, 9.17) is 0 Å². The van der Waals surface area contributed by atoms with Gasteiger partial charge in [-0.15, -0.1) is 0 Å². The Labute approximate surface area is 134 Å². The number of nitrogens with one attached hydrogen (secondary N) is 4. The van der Waals surface area contributed by atoms with Gasteiger partial charge in [0.05, 0.1) is 6.33 Å². The molecule has 0 aromatic carbocycles. The van der Waals surface area contributed by atoms with Gasteiger partial charge in [0.1, 0.15) is 11.7 Å². The zero-order chi connectivity index (χ0) is 16.8. The molecule has 0 saturated carbocycles. The normalized spacial score (nSPS) is 18.2. The van der Waals surface area contributed by atoms with Crippen LogP contribution >= 0.6 is 0 Å². The maximum atomic E-state index is 12.3. The van der Waals surface area contributed by atoms with E-state index in [9.17, 15) is 14.4 Å². The fraction of sp³-hybridized carbons (Fsp3) is 0.600. The molecule has 8 nitrogen and oxygen atoms in total. The summed E-state index contributed by atoms with van der Waals surface area (Å²) < 4.78 is 0. The van der Waals surface area contributed by atoms with Crippen molar-refractivity contribution in [2.24, 2.45) is 5.92 Å². The highest BCUT2D eigenvalue weighted by molar-refractivity contribution is 6.05. The summed E-state index contributed by atoms with van der Waals surface area (Å²) in [6.45, 7) is 5.08. The molecule has 1 aromatic heterocycles. The van der Waals surface area contributed by atoms with Gasteiger partial charge in [-0.2, -0.15) is 0 Å². The van der Waals surface area contributed by atoms with E-state index in [1.165, 1.54) is 6.33 Å². The molecule has 0 bridgehead atoms. The molecule has 3 amide bonds. The van der Waals surface area contributed by atoms with Crippen molar-refractivity contribution >= 4 is 17.7 Å². The van der Waals surface area contributed by atoms with E-state index < -0.39 is 11.9 Å². The van der Waals surface area contributed by atoms with Crippen LogP contribution in [0.4, 0.5) is 0 Å². The molecule has 0 radical (unpaired) electrons. The summed E-state index contributed by atoms with van der Waals surface area (Å²) in [4.78, 5) is 42.9. The molecule has 0 aliphatic carbocycles. The second kappa shape index (κ2) is 7.75. The summed E-state index contributed by atoms with van der Waals surface area (Å²) in [5, 5.41) is 8.14. The van der Waals surface area contributed by atoms with Crippen LogP contribution in [0, 0.1) is 5.92 Å². The Bertz CT molecular complexity index is 581. The first-order valence-corrected chi connectivity index (χ1v) is 7.89. The number of carbonyl (C=O) groups excluding carboxylic acids is 3. The topological polar surface area (TPSA) is 116 Å². The molecular formula is C15H23N5O3. The van der Waals surface area contributed by atoms with Gasteiger partial charge in [-0.25, -0.2) is 4.98 Å². The van der Waals surface area contributed by atoms with Crippen molar-refractivity contribution in [3.05, 3.63) is 17.7 Å². The molecule has 8 heteroatoms. The third kappa shape index (κ3) is 4.54. The molecule has 0 spiro atoms. The van der Waals surface area contributed by atoms with Gasteiger partial charge in [-0.3, -0.25) is 14.4 Å². The summed E-state index contributed by atoms with van der Waals surface area (Å²) in [6.07, 6.45) is 3.62. The summed E-state index contributed by atoms with van der Waals surface area (Å²) in [6, 6.07) is -0.590. The van der Waals surface area contributed by atoms with Crippen LogP contribution in [0.2, 0.25) is 0 Å². The lowest BCUT2D eigenvalue weighted by Crippen LogP contribution is -2.46. The van der Waals surface area contributed by atoms with E-state index in [2.05, 4.69) is 25.9 Å². The van der Waals surface area contributed by atoms with Crippen LogP contribution in [0.3, 0.4) is 0 Å². The third-order valence-corrected chi connectivity index (χ3v) is 3.59. The molecule has 1 aliphatic heterocycles. The van der Waals surface area contributed by atoms with Gasteiger partial charge in [0, 0.05) is 13.1 Å². The second-order valence-electron chi connectivity index (χ2n) is 6.04. The van der Waals surface area contributed by atoms with E-state index in [0.29, 0.717) is 25.4 Å². The zero-order valence-electron chi connectivity index (χ0n) is 13.4. The predicted molar refractivity (Wildman–Crippen MR) is 83.9 cm³/mol. The number of carbonyl (C=O) groups is 3. The number of imidazole rings is 1. The maximum absolute atomic E-state index is 12.3. The molecule has 1 aromatic rings. The smallest absolute Gasteiger partial charge is 0.272 e. The van der Waals surface area contributed by atoms with Crippen LogP contribution in [-0.4, -0.2) is 46.8 Å². The van der Waals surface area contributed by atoms with Gasteiger partial charge >= 0.3 is 0 Å². The summed E-state index contributed by atoms with van der Waals surface area (Å²) in [7, 11) is 0. The summed E-state index contributed by atoms with van der Waals surface area (Å²) >= 11 is 0. The largest absolute Gasteiger partial charge is 0.354 e. The van der Waals surface area contributed by atoms with Crippen LogP contribution < -0.4 is 16.0 Å². The third-order valence-electron chi connectivity index (χ3n) is 3.59. The first-order valence-electron chi connectivity index (χ1n) is 7.89. The molecule has 1 atom stereocenters. The van der Waals surface area contributed by atoms with Crippen molar-refractivity contribution in [3.63, 3.8) is 0 Å². The quantitative estimate of drug-likeness (QED) is 0.619. The Morgan fingerprint density at radius 3 is 2.87 bits per heavy atom. The maximum Gasteiger partial charge on any atom is 0.272 e. The highest BCUT2D eigenvalue weighted by atomic mass is 16.2. The van der Waals surface area contributed by atoms with Crippen molar-refractivity contribution in [1.82, 2.24) is 25.9 Å². The molecule has 1 aliphatic rings. The minimum atomic E-state index is -0.590. The zero-order valence-corrected chi connectivity index (χ0v) is 13.4. The molecule has 23 heavy (non-hydrogen) atoms. The van der Waals surface area contributed by atoms with E-state index in [1.807, 2.05) is 13.8 Å². The Hall–Kier alpha value is -2.38. The second-order valence-corrected chi connectivity index (χ2v) is 6.04. The van der Waals surface area contributed by atoms with E-state index >= 15 is 0 Å². The summed E-state index contributed by atoms with van der Waals surface area (Å²) in [5.74, 6) is -0.805. The number of amides is 3. The van der Waals surface area contributed by atoms with Gasteiger partial charge in [-0.05, 0) is 25.2 Å². The Kier molecular flexibility index (Phi) is 5.72.